The summed E-state index contributed by atoms with van der Waals surface area (Å²) in [6.07, 6.45) is 3.97. The van der Waals surface area contributed by atoms with Crippen molar-refractivity contribution in [1.29, 1.82) is 0 Å². The zero-order valence-corrected chi connectivity index (χ0v) is 16.4. The first-order chi connectivity index (χ1) is 12.5. The van der Waals surface area contributed by atoms with E-state index in [-0.39, 0.29) is 24.3 Å². The Balaban J connectivity index is 2.20. The lowest BCUT2D eigenvalue weighted by molar-refractivity contribution is -0.135. The summed E-state index contributed by atoms with van der Waals surface area (Å²) in [6.45, 7) is 3.30. The molecule has 0 atom stereocenters. The van der Waals surface area contributed by atoms with Gasteiger partial charge >= 0.3 is 0 Å². The molecule has 0 radical (unpaired) electrons. The van der Waals surface area contributed by atoms with Crippen LogP contribution >= 0.6 is 0 Å². The fraction of sp³-hybridized carbons (Fsp3) is 0.600. The Morgan fingerprint density at radius 3 is 2.54 bits per heavy atom. The number of ether oxygens (including phenoxy) is 1. The predicted octanol–water partition coefficient (Wildman–Crippen LogP) is 2.88. The normalized spacial score (nSPS) is 13.8. The predicted molar refractivity (Wildman–Crippen MR) is 104 cm³/mol. The first-order valence-corrected chi connectivity index (χ1v) is 9.34. The quantitative estimate of drug-likeness (QED) is 0.735. The number of hydrogen-bond acceptors (Lipinski definition) is 4. The van der Waals surface area contributed by atoms with Gasteiger partial charge in [0.15, 0.2) is 0 Å². The summed E-state index contributed by atoms with van der Waals surface area (Å²) in [7, 11) is 5.49. The van der Waals surface area contributed by atoms with E-state index in [4.69, 9.17) is 4.74 Å². The van der Waals surface area contributed by atoms with Crippen LogP contribution in [0.4, 0.5) is 11.4 Å². The number of carbonyl (C=O) groups excluding carboxylic acids is 2. The van der Waals surface area contributed by atoms with E-state index in [0.717, 1.165) is 42.6 Å². The molecule has 0 aromatic heterocycles. The van der Waals surface area contributed by atoms with Crippen LogP contribution in [0.5, 0.6) is 0 Å². The maximum atomic E-state index is 12.3. The van der Waals surface area contributed by atoms with Gasteiger partial charge in [0, 0.05) is 51.6 Å². The van der Waals surface area contributed by atoms with Crippen LogP contribution in [0.3, 0.4) is 0 Å². The minimum absolute atomic E-state index is 0.0250. The number of amides is 2. The van der Waals surface area contributed by atoms with E-state index in [1.165, 1.54) is 7.11 Å². The number of methoxy groups -OCH3 is 1. The van der Waals surface area contributed by atoms with Crippen LogP contribution < -0.4 is 10.2 Å². The number of rotatable bonds is 9. The van der Waals surface area contributed by atoms with Crippen LogP contribution in [0.15, 0.2) is 18.2 Å². The molecular weight excluding hydrogens is 330 g/mol. The molecule has 2 rings (SSSR count). The van der Waals surface area contributed by atoms with E-state index in [2.05, 4.69) is 12.2 Å². The lowest BCUT2D eigenvalue weighted by Gasteiger charge is -2.27. The molecule has 1 aromatic rings. The van der Waals surface area contributed by atoms with E-state index in [1.54, 1.807) is 0 Å². The second-order valence-electron chi connectivity index (χ2n) is 7.10. The molecule has 0 unspecified atom stereocenters. The molecule has 1 N–H and O–H groups in total. The first kappa shape index (κ1) is 20.2. The van der Waals surface area contributed by atoms with Crippen LogP contribution in [-0.2, 0) is 20.9 Å². The lowest BCUT2D eigenvalue weighted by Crippen LogP contribution is -2.34. The molecule has 26 heavy (non-hydrogen) atoms. The fourth-order valence-corrected chi connectivity index (χ4v) is 3.12. The van der Waals surface area contributed by atoms with Gasteiger partial charge in [-0.2, -0.15) is 0 Å². The number of carbonyl (C=O) groups is 2. The van der Waals surface area contributed by atoms with Crippen molar-refractivity contribution in [2.24, 2.45) is 5.92 Å². The molecule has 0 heterocycles. The molecule has 1 aliphatic rings. The highest BCUT2D eigenvalue weighted by molar-refractivity contribution is 5.93. The van der Waals surface area contributed by atoms with Gasteiger partial charge in [0.25, 0.3) is 0 Å². The number of hydrogen-bond donors (Lipinski definition) is 1. The van der Waals surface area contributed by atoms with Gasteiger partial charge in [-0.05, 0) is 43.0 Å². The summed E-state index contributed by atoms with van der Waals surface area (Å²) in [5, 5.41) is 3.02. The maximum Gasteiger partial charge on any atom is 0.248 e. The number of benzene rings is 1. The molecule has 0 bridgehead atoms. The number of nitrogens with one attached hydrogen (secondary N) is 1. The Kier molecular flexibility index (Phi) is 7.45. The average Bonchev–Trinajstić information content (AvgIpc) is 2.52. The van der Waals surface area contributed by atoms with Gasteiger partial charge in [-0.25, -0.2) is 0 Å². The SMILES string of the molecule is CCCN(Cc1cc(NC(=O)C2CCC2)ccc1N(C)C)C(=O)COC. The summed E-state index contributed by atoms with van der Waals surface area (Å²) in [5.74, 6) is 0.218. The molecule has 2 amide bonds. The lowest BCUT2D eigenvalue weighted by atomic mass is 9.85. The van der Waals surface area contributed by atoms with Crippen LogP contribution in [0.1, 0.15) is 38.2 Å². The molecule has 6 heteroatoms. The van der Waals surface area contributed by atoms with Crippen molar-refractivity contribution in [3.05, 3.63) is 23.8 Å². The van der Waals surface area contributed by atoms with Gasteiger partial charge in [-0.1, -0.05) is 13.3 Å². The zero-order chi connectivity index (χ0) is 19.1. The molecule has 1 fully saturated rings. The third-order valence-corrected chi connectivity index (χ3v) is 4.78. The van der Waals surface area contributed by atoms with Gasteiger partial charge in [0.2, 0.25) is 11.8 Å². The summed E-state index contributed by atoms with van der Waals surface area (Å²) in [4.78, 5) is 28.4. The largest absolute Gasteiger partial charge is 0.377 e. The van der Waals surface area contributed by atoms with Crippen molar-refractivity contribution < 1.29 is 14.3 Å². The van der Waals surface area contributed by atoms with Crippen LogP contribution in [0.25, 0.3) is 0 Å². The summed E-state index contributed by atoms with van der Waals surface area (Å²) >= 11 is 0. The fourth-order valence-electron chi connectivity index (χ4n) is 3.12. The van der Waals surface area contributed by atoms with E-state index in [0.29, 0.717) is 13.1 Å². The van der Waals surface area contributed by atoms with Crippen LogP contribution in [-0.4, -0.2) is 51.1 Å². The molecule has 0 saturated heterocycles. The third-order valence-electron chi connectivity index (χ3n) is 4.78. The molecular formula is C20H31N3O3. The van der Waals surface area contributed by atoms with E-state index in [1.807, 2.05) is 42.1 Å². The zero-order valence-electron chi connectivity index (χ0n) is 16.4. The second-order valence-corrected chi connectivity index (χ2v) is 7.10. The van der Waals surface area contributed by atoms with E-state index in [9.17, 15) is 9.59 Å². The summed E-state index contributed by atoms with van der Waals surface area (Å²) in [5.41, 5.74) is 2.84. The Morgan fingerprint density at radius 1 is 1.27 bits per heavy atom. The highest BCUT2D eigenvalue weighted by Crippen LogP contribution is 2.29. The highest BCUT2D eigenvalue weighted by Gasteiger charge is 2.25. The minimum Gasteiger partial charge on any atom is -0.377 e. The summed E-state index contributed by atoms with van der Waals surface area (Å²) < 4.78 is 5.01. The minimum atomic E-state index is -0.0250. The second kappa shape index (κ2) is 9.57. The topological polar surface area (TPSA) is 61.9 Å². The molecule has 1 aliphatic carbocycles. The van der Waals surface area contributed by atoms with Crippen LogP contribution in [0, 0.1) is 5.92 Å². The van der Waals surface area contributed by atoms with Crippen molar-refractivity contribution in [3.8, 4) is 0 Å². The maximum absolute atomic E-state index is 12.3. The van der Waals surface area contributed by atoms with Gasteiger partial charge < -0.3 is 19.9 Å². The third kappa shape index (κ3) is 5.21. The Morgan fingerprint density at radius 2 is 2.00 bits per heavy atom. The molecule has 144 valence electrons. The Hall–Kier alpha value is -2.08. The van der Waals surface area contributed by atoms with Gasteiger partial charge in [-0.3, -0.25) is 9.59 Å². The standard InChI is InChI=1S/C20H31N3O3/c1-5-11-23(19(24)14-26-4)13-16-12-17(9-10-18(16)22(2)3)21-20(25)15-7-6-8-15/h9-10,12,15H,5-8,11,13-14H2,1-4H3,(H,21,25). The smallest absolute Gasteiger partial charge is 0.248 e. The molecule has 6 nitrogen and oxygen atoms in total. The van der Waals surface area contributed by atoms with E-state index >= 15 is 0 Å². The Bertz CT molecular complexity index is 627. The molecule has 0 spiro atoms. The average molecular weight is 361 g/mol. The number of anilines is 2. The van der Waals surface area contributed by atoms with E-state index < -0.39 is 0 Å². The van der Waals surface area contributed by atoms with Crippen molar-refractivity contribution >= 4 is 23.2 Å². The van der Waals surface area contributed by atoms with Crippen LogP contribution in [0.2, 0.25) is 0 Å². The van der Waals surface area contributed by atoms with Gasteiger partial charge in [0.05, 0.1) is 0 Å². The van der Waals surface area contributed by atoms with Crippen molar-refractivity contribution in [2.45, 2.75) is 39.2 Å². The van der Waals surface area contributed by atoms with Crippen molar-refractivity contribution in [2.75, 3.05) is 44.6 Å². The van der Waals surface area contributed by atoms with Crippen molar-refractivity contribution in [3.63, 3.8) is 0 Å². The van der Waals surface area contributed by atoms with Crippen molar-refractivity contribution in [1.82, 2.24) is 4.90 Å². The molecule has 1 aromatic carbocycles. The Labute approximate surface area is 156 Å². The monoisotopic (exact) mass is 361 g/mol. The number of nitrogens with zero attached hydrogens (tertiary/aromatic N) is 2. The highest BCUT2D eigenvalue weighted by atomic mass is 16.5. The molecule has 1 saturated carbocycles. The van der Waals surface area contributed by atoms with Gasteiger partial charge in [-0.15, -0.1) is 0 Å². The molecule has 0 aliphatic heterocycles. The summed E-state index contributed by atoms with van der Waals surface area (Å²) in [6, 6.07) is 5.90. The van der Waals surface area contributed by atoms with Gasteiger partial charge in [0.1, 0.15) is 6.61 Å². The first-order valence-electron chi connectivity index (χ1n) is 9.34.